The highest BCUT2D eigenvalue weighted by molar-refractivity contribution is 6.29. The zero-order valence-electron chi connectivity index (χ0n) is 15.6. The molecule has 5 rings (SSSR count). The molecule has 148 valence electrons. The van der Waals surface area contributed by atoms with Gasteiger partial charge >= 0.3 is 0 Å². The molecule has 3 heterocycles. The summed E-state index contributed by atoms with van der Waals surface area (Å²) < 4.78 is 0. The fourth-order valence-corrected chi connectivity index (χ4v) is 4.05. The maximum absolute atomic E-state index is 13.3. The molecule has 2 aliphatic rings. The molecule has 0 saturated carbocycles. The van der Waals surface area contributed by atoms with E-state index in [4.69, 9.17) is 11.6 Å². The smallest absolute Gasteiger partial charge is 0.260 e. The molecule has 2 aromatic carbocycles. The van der Waals surface area contributed by atoms with Gasteiger partial charge in [0.05, 0.1) is 23.1 Å². The van der Waals surface area contributed by atoms with Crippen molar-refractivity contribution in [3.8, 4) is 0 Å². The lowest BCUT2D eigenvalue weighted by Crippen LogP contribution is -2.50. The SMILES string of the molecule is O=C(CN1C(=O)c2ccccc2N2C(=O)c3ccccc3[C@H]12)Nc1ccc(Cl)nc1. The number of carbonyl (C=O) groups is 3. The second-order valence-electron chi connectivity index (χ2n) is 7.00. The van der Waals surface area contributed by atoms with E-state index in [1.165, 1.54) is 11.1 Å². The fraction of sp³-hybridized carbons (Fsp3) is 0.0909. The molecular formula is C22H15ClN4O3. The number of hydrogen-bond donors (Lipinski definition) is 1. The van der Waals surface area contributed by atoms with E-state index in [-0.39, 0.29) is 18.4 Å². The number of nitrogens with zero attached hydrogens (tertiary/aromatic N) is 3. The third kappa shape index (κ3) is 2.83. The van der Waals surface area contributed by atoms with E-state index in [0.717, 1.165) is 0 Å². The van der Waals surface area contributed by atoms with Gasteiger partial charge in [-0.1, -0.05) is 41.9 Å². The minimum Gasteiger partial charge on any atom is -0.323 e. The highest BCUT2D eigenvalue weighted by Crippen LogP contribution is 2.44. The van der Waals surface area contributed by atoms with Crippen LogP contribution in [0, 0.1) is 0 Å². The number of rotatable bonds is 3. The molecule has 2 aliphatic heterocycles. The van der Waals surface area contributed by atoms with Gasteiger partial charge in [-0.25, -0.2) is 4.98 Å². The molecule has 0 bridgehead atoms. The van der Waals surface area contributed by atoms with Crippen LogP contribution in [0.1, 0.15) is 32.4 Å². The molecule has 8 heteroatoms. The van der Waals surface area contributed by atoms with Gasteiger partial charge in [0.1, 0.15) is 17.9 Å². The molecule has 7 nitrogen and oxygen atoms in total. The summed E-state index contributed by atoms with van der Waals surface area (Å²) >= 11 is 5.78. The topological polar surface area (TPSA) is 82.6 Å². The van der Waals surface area contributed by atoms with Crippen molar-refractivity contribution in [3.63, 3.8) is 0 Å². The Kier molecular flexibility index (Phi) is 4.25. The molecular weight excluding hydrogens is 404 g/mol. The quantitative estimate of drug-likeness (QED) is 0.660. The average Bonchev–Trinajstić information content (AvgIpc) is 3.06. The van der Waals surface area contributed by atoms with Crippen molar-refractivity contribution in [3.05, 3.63) is 88.7 Å². The van der Waals surface area contributed by atoms with E-state index in [0.29, 0.717) is 33.2 Å². The van der Waals surface area contributed by atoms with Gasteiger partial charge in [-0.3, -0.25) is 19.3 Å². The van der Waals surface area contributed by atoms with E-state index in [1.807, 2.05) is 12.1 Å². The molecule has 1 atom stereocenters. The number of hydrogen-bond acceptors (Lipinski definition) is 4. The minimum atomic E-state index is -0.676. The normalized spacial score (nSPS) is 16.8. The third-order valence-corrected chi connectivity index (χ3v) is 5.43. The number of aromatic nitrogens is 1. The number of para-hydroxylation sites is 1. The Morgan fingerprint density at radius 2 is 1.70 bits per heavy atom. The summed E-state index contributed by atoms with van der Waals surface area (Å²) in [5, 5.41) is 3.03. The summed E-state index contributed by atoms with van der Waals surface area (Å²) in [7, 11) is 0. The van der Waals surface area contributed by atoms with E-state index in [2.05, 4.69) is 10.3 Å². The van der Waals surface area contributed by atoms with E-state index < -0.39 is 12.1 Å². The van der Waals surface area contributed by atoms with E-state index >= 15 is 0 Å². The predicted molar refractivity (Wildman–Crippen MR) is 111 cm³/mol. The van der Waals surface area contributed by atoms with Gasteiger partial charge < -0.3 is 10.2 Å². The van der Waals surface area contributed by atoms with E-state index in [9.17, 15) is 14.4 Å². The van der Waals surface area contributed by atoms with E-state index in [1.54, 1.807) is 53.4 Å². The van der Waals surface area contributed by atoms with Crippen LogP contribution in [-0.2, 0) is 4.79 Å². The Balaban J connectivity index is 1.52. The molecule has 0 spiro atoms. The standard InChI is InChI=1S/C22H15ClN4O3/c23-18-10-9-13(11-24-18)25-19(28)12-26-20-14-5-1-2-6-15(14)22(30)27(20)17-8-4-3-7-16(17)21(26)29/h1-11,20H,12H2,(H,25,28)/t20-/m1/s1. The summed E-state index contributed by atoms with van der Waals surface area (Å²) in [6, 6.07) is 17.3. The summed E-state index contributed by atoms with van der Waals surface area (Å²) in [6.45, 7) is -0.224. The molecule has 0 unspecified atom stereocenters. The van der Waals surface area contributed by atoms with Crippen molar-refractivity contribution < 1.29 is 14.4 Å². The monoisotopic (exact) mass is 418 g/mol. The highest BCUT2D eigenvalue weighted by Gasteiger charge is 2.48. The third-order valence-electron chi connectivity index (χ3n) is 5.21. The zero-order chi connectivity index (χ0) is 20.8. The van der Waals surface area contributed by atoms with Gasteiger partial charge in [0, 0.05) is 11.1 Å². The van der Waals surface area contributed by atoms with Crippen LogP contribution in [0.3, 0.4) is 0 Å². The second kappa shape index (κ2) is 6.96. The highest BCUT2D eigenvalue weighted by atomic mass is 35.5. The molecule has 3 amide bonds. The van der Waals surface area contributed by atoms with Crippen molar-refractivity contribution in [1.82, 2.24) is 9.88 Å². The molecule has 30 heavy (non-hydrogen) atoms. The van der Waals surface area contributed by atoms with Gasteiger partial charge in [0.25, 0.3) is 11.8 Å². The van der Waals surface area contributed by atoms with Crippen LogP contribution in [0.25, 0.3) is 0 Å². The van der Waals surface area contributed by atoms with Crippen LogP contribution in [0.4, 0.5) is 11.4 Å². The first-order valence-electron chi connectivity index (χ1n) is 9.28. The Morgan fingerprint density at radius 1 is 0.967 bits per heavy atom. The number of carbonyl (C=O) groups excluding carboxylic acids is 3. The number of benzene rings is 2. The first-order valence-corrected chi connectivity index (χ1v) is 9.66. The summed E-state index contributed by atoms with van der Waals surface area (Å²) in [4.78, 5) is 46.1. The van der Waals surface area contributed by atoms with Gasteiger partial charge in [-0.2, -0.15) is 0 Å². The zero-order valence-corrected chi connectivity index (χ0v) is 16.3. The largest absolute Gasteiger partial charge is 0.323 e. The lowest BCUT2D eigenvalue weighted by molar-refractivity contribution is -0.117. The Labute approximate surface area is 176 Å². The summed E-state index contributed by atoms with van der Waals surface area (Å²) in [5.41, 5.74) is 2.63. The maximum Gasteiger partial charge on any atom is 0.260 e. The van der Waals surface area contributed by atoms with Crippen molar-refractivity contribution in [2.75, 3.05) is 16.8 Å². The Hall–Kier alpha value is -3.71. The maximum atomic E-state index is 13.3. The van der Waals surface area contributed by atoms with Gasteiger partial charge in [-0.05, 0) is 30.3 Å². The number of amides is 3. The van der Waals surface area contributed by atoms with Crippen LogP contribution < -0.4 is 10.2 Å². The molecule has 3 aromatic rings. The van der Waals surface area contributed by atoms with Crippen LogP contribution in [0.15, 0.2) is 66.9 Å². The first kappa shape index (κ1) is 18.3. The molecule has 0 radical (unpaired) electrons. The molecule has 0 fully saturated rings. The van der Waals surface area contributed by atoms with Crippen LogP contribution in [0.5, 0.6) is 0 Å². The molecule has 1 N–H and O–H groups in total. The first-order chi connectivity index (χ1) is 14.5. The van der Waals surface area contributed by atoms with Crippen LogP contribution in [-0.4, -0.2) is 34.2 Å². The lowest BCUT2D eigenvalue weighted by atomic mass is 10.0. The number of nitrogens with one attached hydrogen (secondary N) is 1. The Morgan fingerprint density at radius 3 is 2.47 bits per heavy atom. The number of pyridine rings is 1. The lowest BCUT2D eigenvalue weighted by Gasteiger charge is -2.40. The van der Waals surface area contributed by atoms with Crippen molar-refractivity contribution in [2.45, 2.75) is 6.17 Å². The molecule has 0 saturated heterocycles. The van der Waals surface area contributed by atoms with Crippen LogP contribution >= 0.6 is 11.6 Å². The number of anilines is 2. The summed E-state index contributed by atoms with van der Waals surface area (Å²) in [5.74, 6) is -0.896. The van der Waals surface area contributed by atoms with Crippen molar-refractivity contribution in [1.29, 1.82) is 0 Å². The van der Waals surface area contributed by atoms with Crippen molar-refractivity contribution >= 4 is 40.7 Å². The van der Waals surface area contributed by atoms with Gasteiger partial charge in [0.15, 0.2) is 0 Å². The molecule has 0 aliphatic carbocycles. The predicted octanol–water partition coefficient (Wildman–Crippen LogP) is 3.49. The molecule has 1 aromatic heterocycles. The summed E-state index contributed by atoms with van der Waals surface area (Å²) in [6.07, 6.45) is 0.763. The minimum absolute atomic E-state index is 0.192. The average molecular weight is 419 g/mol. The number of fused-ring (bicyclic) bond motifs is 5. The number of halogens is 1. The van der Waals surface area contributed by atoms with Gasteiger partial charge in [0.2, 0.25) is 5.91 Å². The van der Waals surface area contributed by atoms with Gasteiger partial charge in [-0.15, -0.1) is 0 Å². The second-order valence-corrected chi connectivity index (χ2v) is 7.39. The van der Waals surface area contributed by atoms with Crippen molar-refractivity contribution in [2.24, 2.45) is 0 Å². The van der Waals surface area contributed by atoms with Crippen LogP contribution in [0.2, 0.25) is 5.15 Å². The Bertz CT molecular complexity index is 1190. The fourth-order valence-electron chi connectivity index (χ4n) is 3.94.